The monoisotopic (exact) mass is 350 g/mol. The van der Waals surface area contributed by atoms with Crippen molar-refractivity contribution in [1.29, 1.82) is 0 Å². The Morgan fingerprint density at radius 3 is 2.32 bits per heavy atom. The largest absolute Gasteiger partial charge is 0.493 e. The van der Waals surface area contributed by atoms with E-state index in [9.17, 15) is 9.59 Å². The zero-order chi connectivity index (χ0) is 16.7. The summed E-state index contributed by atoms with van der Waals surface area (Å²) in [5, 5.41) is 5.20. The molecule has 1 rings (SSSR count). The molecule has 0 aromatic heterocycles. The average Bonchev–Trinajstić information content (AvgIpc) is 2.44. The minimum absolute atomic E-state index is 0.0388. The van der Waals surface area contributed by atoms with Crippen LogP contribution in [0, 0.1) is 0 Å². The first-order chi connectivity index (χ1) is 10.4. The van der Waals surface area contributed by atoms with Crippen molar-refractivity contribution in [3.05, 3.63) is 11.1 Å². The first-order valence-electron chi connectivity index (χ1n) is 6.16. The zero-order valence-corrected chi connectivity index (χ0v) is 13.8. The Morgan fingerprint density at radius 2 is 1.82 bits per heavy atom. The summed E-state index contributed by atoms with van der Waals surface area (Å²) >= 11 is 11.5. The Balaban J connectivity index is 3.27. The van der Waals surface area contributed by atoms with E-state index in [-0.39, 0.29) is 46.3 Å². The number of amides is 2. The fourth-order valence-electron chi connectivity index (χ4n) is 1.69. The molecule has 0 aliphatic heterocycles. The second-order valence-electron chi connectivity index (χ2n) is 3.98. The van der Waals surface area contributed by atoms with E-state index in [2.05, 4.69) is 10.6 Å². The molecule has 22 heavy (non-hydrogen) atoms. The molecule has 0 saturated heterocycles. The molecule has 0 bridgehead atoms. The number of carbonyl (C=O) groups is 2. The summed E-state index contributed by atoms with van der Waals surface area (Å²) in [6.45, 7) is 1.37. The van der Waals surface area contributed by atoms with E-state index in [0.29, 0.717) is 0 Å². The molecule has 122 valence electrons. The Bertz CT molecular complexity index is 566. The van der Waals surface area contributed by atoms with Gasteiger partial charge in [-0.3, -0.25) is 10.1 Å². The van der Waals surface area contributed by atoms with Crippen LogP contribution in [-0.2, 0) is 9.53 Å². The third-order valence-corrected chi connectivity index (χ3v) is 2.88. The van der Waals surface area contributed by atoms with Crippen LogP contribution in [-0.4, -0.2) is 38.7 Å². The average molecular weight is 351 g/mol. The van der Waals surface area contributed by atoms with Crippen molar-refractivity contribution in [2.75, 3.05) is 37.3 Å². The van der Waals surface area contributed by atoms with E-state index >= 15 is 0 Å². The third kappa shape index (κ3) is 4.57. The van der Waals surface area contributed by atoms with E-state index in [1.807, 2.05) is 0 Å². The first-order valence-corrected chi connectivity index (χ1v) is 7.07. The van der Waals surface area contributed by atoms with Gasteiger partial charge in [0.2, 0.25) is 5.91 Å². The van der Waals surface area contributed by atoms with Gasteiger partial charge in [-0.05, 0) is 6.07 Å². The van der Waals surface area contributed by atoms with Gasteiger partial charge in [0.05, 0.1) is 30.8 Å². The summed E-state index contributed by atoms with van der Waals surface area (Å²) in [5.74, 6) is 0.193. The molecule has 1 aromatic rings. The fourth-order valence-corrected chi connectivity index (χ4v) is 2.05. The lowest BCUT2D eigenvalue weighted by atomic mass is 10.2. The molecule has 0 aliphatic rings. The van der Waals surface area contributed by atoms with Gasteiger partial charge >= 0.3 is 6.09 Å². The van der Waals surface area contributed by atoms with Crippen molar-refractivity contribution >= 4 is 46.6 Å². The van der Waals surface area contributed by atoms with Crippen LogP contribution in [0.2, 0.25) is 5.02 Å². The summed E-state index contributed by atoms with van der Waals surface area (Å²) in [6.07, 6.45) is -0.756. The quantitative estimate of drug-likeness (QED) is 0.769. The van der Waals surface area contributed by atoms with E-state index in [0.717, 1.165) is 0 Å². The summed E-state index contributed by atoms with van der Waals surface area (Å²) in [5.41, 5.74) is 0.425. The highest BCUT2D eigenvalue weighted by atomic mass is 35.5. The Morgan fingerprint density at radius 1 is 1.18 bits per heavy atom. The Kier molecular flexibility index (Phi) is 7.07. The molecule has 2 amide bonds. The summed E-state index contributed by atoms with van der Waals surface area (Å²) in [4.78, 5) is 23.0. The SMILES string of the molecule is COc1c(Cl)cc(NC(C)=O)c(OC)c1NC(=O)OCCCl. The highest BCUT2D eigenvalue weighted by molar-refractivity contribution is 6.33. The summed E-state index contributed by atoms with van der Waals surface area (Å²) in [6, 6.07) is 1.45. The highest BCUT2D eigenvalue weighted by Gasteiger charge is 2.22. The van der Waals surface area contributed by atoms with Gasteiger partial charge in [0.1, 0.15) is 12.3 Å². The lowest BCUT2D eigenvalue weighted by molar-refractivity contribution is -0.114. The van der Waals surface area contributed by atoms with Crippen molar-refractivity contribution < 1.29 is 23.8 Å². The number of hydrogen-bond donors (Lipinski definition) is 2. The van der Waals surface area contributed by atoms with Crippen molar-refractivity contribution in [1.82, 2.24) is 0 Å². The van der Waals surface area contributed by atoms with Gasteiger partial charge in [-0.15, -0.1) is 11.6 Å². The van der Waals surface area contributed by atoms with Gasteiger partial charge in [-0.2, -0.15) is 0 Å². The van der Waals surface area contributed by atoms with Gasteiger partial charge in [0.25, 0.3) is 0 Å². The van der Waals surface area contributed by atoms with E-state index in [1.54, 1.807) is 0 Å². The highest BCUT2D eigenvalue weighted by Crippen LogP contribution is 2.45. The number of halogens is 2. The molecule has 0 spiro atoms. The van der Waals surface area contributed by atoms with Crippen LogP contribution >= 0.6 is 23.2 Å². The number of methoxy groups -OCH3 is 2. The van der Waals surface area contributed by atoms with Gasteiger partial charge in [0.15, 0.2) is 11.5 Å². The third-order valence-electron chi connectivity index (χ3n) is 2.44. The first kappa shape index (κ1) is 18.2. The molecule has 0 fully saturated rings. The number of anilines is 2. The van der Waals surface area contributed by atoms with Crippen molar-refractivity contribution in [2.45, 2.75) is 6.92 Å². The standard InChI is InChI=1S/C13H16Cl2N2O5/c1-7(18)16-9-6-8(15)11(20-2)10(12(9)21-3)17-13(19)22-5-4-14/h6H,4-5H2,1-3H3,(H,16,18)(H,17,19). The number of rotatable bonds is 6. The lowest BCUT2D eigenvalue weighted by Gasteiger charge is -2.18. The van der Waals surface area contributed by atoms with Crippen LogP contribution in [0.15, 0.2) is 6.07 Å². The van der Waals surface area contributed by atoms with Gasteiger partial charge in [0, 0.05) is 6.92 Å². The van der Waals surface area contributed by atoms with Crippen molar-refractivity contribution in [3.8, 4) is 11.5 Å². The number of ether oxygens (including phenoxy) is 3. The zero-order valence-electron chi connectivity index (χ0n) is 12.3. The lowest BCUT2D eigenvalue weighted by Crippen LogP contribution is -2.17. The molecular formula is C13H16Cl2N2O5. The predicted molar refractivity (Wildman–Crippen MR) is 84.6 cm³/mol. The van der Waals surface area contributed by atoms with Gasteiger partial charge in [-0.25, -0.2) is 4.79 Å². The number of alkyl halides is 1. The normalized spacial score (nSPS) is 9.86. The molecule has 1 aromatic carbocycles. The maximum atomic E-state index is 11.7. The van der Waals surface area contributed by atoms with E-state index in [1.165, 1.54) is 27.2 Å². The smallest absolute Gasteiger partial charge is 0.411 e. The van der Waals surface area contributed by atoms with Crippen LogP contribution < -0.4 is 20.1 Å². The van der Waals surface area contributed by atoms with Crippen molar-refractivity contribution in [2.24, 2.45) is 0 Å². The fraction of sp³-hybridized carbons (Fsp3) is 0.385. The van der Waals surface area contributed by atoms with Crippen LogP contribution in [0.4, 0.5) is 16.2 Å². The van der Waals surface area contributed by atoms with Crippen LogP contribution in [0.1, 0.15) is 6.92 Å². The molecule has 0 atom stereocenters. The maximum absolute atomic E-state index is 11.7. The van der Waals surface area contributed by atoms with Crippen LogP contribution in [0.25, 0.3) is 0 Å². The Hall–Kier alpha value is -1.86. The molecule has 9 heteroatoms. The second-order valence-corrected chi connectivity index (χ2v) is 4.76. The number of carbonyl (C=O) groups excluding carboxylic acids is 2. The predicted octanol–water partition coefficient (Wildman–Crippen LogP) is 3.10. The van der Waals surface area contributed by atoms with Crippen LogP contribution in [0.3, 0.4) is 0 Å². The molecule has 2 N–H and O–H groups in total. The Labute approximate surface area is 137 Å². The van der Waals surface area contributed by atoms with Crippen molar-refractivity contribution in [3.63, 3.8) is 0 Å². The minimum Gasteiger partial charge on any atom is -0.493 e. The summed E-state index contributed by atoms with van der Waals surface area (Å²) < 4.78 is 15.2. The van der Waals surface area contributed by atoms with Crippen LogP contribution in [0.5, 0.6) is 11.5 Å². The topological polar surface area (TPSA) is 85.9 Å². The van der Waals surface area contributed by atoms with Gasteiger partial charge in [-0.1, -0.05) is 11.6 Å². The number of nitrogens with one attached hydrogen (secondary N) is 2. The molecule has 0 heterocycles. The molecule has 0 saturated carbocycles. The van der Waals surface area contributed by atoms with Gasteiger partial charge < -0.3 is 19.5 Å². The molecule has 0 aliphatic carbocycles. The molecular weight excluding hydrogens is 335 g/mol. The number of hydrogen-bond acceptors (Lipinski definition) is 5. The second kappa shape index (κ2) is 8.55. The maximum Gasteiger partial charge on any atom is 0.411 e. The minimum atomic E-state index is -0.756. The summed E-state index contributed by atoms with van der Waals surface area (Å²) in [7, 11) is 2.76. The number of benzene rings is 1. The van der Waals surface area contributed by atoms with E-state index < -0.39 is 6.09 Å². The molecule has 7 nitrogen and oxygen atoms in total. The van der Waals surface area contributed by atoms with E-state index in [4.69, 9.17) is 37.4 Å². The molecule has 0 unspecified atom stereocenters. The molecule has 0 radical (unpaired) electrons.